The van der Waals surface area contributed by atoms with Gasteiger partial charge in [0.2, 0.25) is 0 Å². The Labute approximate surface area is 98.9 Å². The van der Waals surface area contributed by atoms with E-state index >= 15 is 0 Å². The van der Waals surface area contributed by atoms with Crippen LogP contribution in [0, 0.1) is 0 Å². The van der Waals surface area contributed by atoms with Crippen LogP contribution < -0.4 is 0 Å². The first kappa shape index (κ1) is 13.0. The SMILES string of the molecule is CCCC(=O)CCCCCc1ccccc1. The minimum absolute atomic E-state index is 0.433. The van der Waals surface area contributed by atoms with Crippen LogP contribution in [0.25, 0.3) is 0 Å². The Kier molecular flexibility index (Phi) is 6.55. The number of carbonyl (C=O) groups excluding carboxylic acids is 1. The summed E-state index contributed by atoms with van der Waals surface area (Å²) in [5, 5.41) is 0. The van der Waals surface area contributed by atoms with E-state index in [1.807, 2.05) is 6.07 Å². The number of aryl methyl sites for hydroxylation is 1. The van der Waals surface area contributed by atoms with Gasteiger partial charge in [0.25, 0.3) is 0 Å². The second-order valence-corrected chi connectivity index (χ2v) is 4.33. The van der Waals surface area contributed by atoms with E-state index in [1.165, 1.54) is 18.4 Å². The molecule has 0 amide bonds. The third-order valence-electron chi connectivity index (χ3n) is 2.79. The molecule has 0 bridgehead atoms. The summed E-state index contributed by atoms with van der Waals surface area (Å²) in [6, 6.07) is 10.6. The number of unbranched alkanes of at least 4 members (excludes halogenated alkanes) is 2. The zero-order chi connectivity index (χ0) is 11.6. The monoisotopic (exact) mass is 218 g/mol. The van der Waals surface area contributed by atoms with Crippen LogP contribution in [0.1, 0.15) is 51.0 Å². The molecular formula is C15H22O. The van der Waals surface area contributed by atoms with Gasteiger partial charge in [0.1, 0.15) is 5.78 Å². The van der Waals surface area contributed by atoms with E-state index in [-0.39, 0.29) is 0 Å². The minimum atomic E-state index is 0.433. The lowest BCUT2D eigenvalue weighted by atomic mass is 10.0. The van der Waals surface area contributed by atoms with E-state index in [2.05, 4.69) is 31.2 Å². The first-order valence-corrected chi connectivity index (χ1v) is 6.38. The maximum absolute atomic E-state index is 11.3. The molecule has 0 heterocycles. The lowest BCUT2D eigenvalue weighted by Crippen LogP contribution is -1.96. The zero-order valence-electron chi connectivity index (χ0n) is 10.2. The second kappa shape index (κ2) is 8.09. The number of hydrogen-bond donors (Lipinski definition) is 0. The van der Waals surface area contributed by atoms with Gasteiger partial charge in [0, 0.05) is 12.8 Å². The van der Waals surface area contributed by atoms with Crippen molar-refractivity contribution in [1.82, 2.24) is 0 Å². The van der Waals surface area contributed by atoms with Crippen molar-refractivity contribution in [1.29, 1.82) is 0 Å². The Morgan fingerprint density at radius 3 is 2.44 bits per heavy atom. The third-order valence-corrected chi connectivity index (χ3v) is 2.79. The van der Waals surface area contributed by atoms with E-state index in [1.54, 1.807) is 0 Å². The predicted octanol–water partition coefficient (Wildman–Crippen LogP) is 4.16. The topological polar surface area (TPSA) is 17.1 Å². The van der Waals surface area contributed by atoms with E-state index in [4.69, 9.17) is 0 Å². The second-order valence-electron chi connectivity index (χ2n) is 4.33. The molecule has 0 radical (unpaired) electrons. The molecular weight excluding hydrogens is 196 g/mol. The highest BCUT2D eigenvalue weighted by molar-refractivity contribution is 5.78. The van der Waals surface area contributed by atoms with Crippen LogP contribution in [0.5, 0.6) is 0 Å². The summed E-state index contributed by atoms with van der Waals surface area (Å²) in [6.07, 6.45) is 7.10. The van der Waals surface area contributed by atoms with Crippen LogP contribution >= 0.6 is 0 Å². The number of benzene rings is 1. The molecule has 0 spiro atoms. The molecule has 1 heteroatoms. The fourth-order valence-electron chi connectivity index (χ4n) is 1.88. The Morgan fingerprint density at radius 2 is 1.75 bits per heavy atom. The van der Waals surface area contributed by atoms with Crippen LogP contribution in [0.2, 0.25) is 0 Å². The molecule has 0 atom stereocenters. The summed E-state index contributed by atoms with van der Waals surface area (Å²) in [7, 11) is 0. The number of rotatable bonds is 8. The Balaban J connectivity index is 2.02. The molecule has 1 rings (SSSR count). The van der Waals surface area contributed by atoms with Crippen molar-refractivity contribution in [3.05, 3.63) is 35.9 Å². The smallest absolute Gasteiger partial charge is 0.132 e. The van der Waals surface area contributed by atoms with Crippen molar-refractivity contribution in [2.75, 3.05) is 0 Å². The van der Waals surface area contributed by atoms with Crippen LogP contribution in [0.4, 0.5) is 0 Å². The summed E-state index contributed by atoms with van der Waals surface area (Å²) < 4.78 is 0. The van der Waals surface area contributed by atoms with Crippen molar-refractivity contribution in [2.45, 2.75) is 51.9 Å². The van der Waals surface area contributed by atoms with E-state index in [0.717, 1.165) is 32.1 Å². The number of carbonyl (C=O) groups is 1. The maximum atomic E-state index is 11.3. The molecule has 0 unspecified atom stereocenters. The zero-order valence-corrected chi connectivity index (χ0v) is 10.2. The Bertz CT molecular complexity index is 290. The molecule has 1 aromatic carbocycles. The Morgan fingerprint density at radius 1 is 1.00 bits per heavy atom. The molecule has 0 fully saturated rings. The fraction of sp³-hybridized carbons (Fsp3) is 0.533. The quantitative estimate of drug-likeness (QED) is 0.599. The summed E-state index contributed by atoms with van der Waals surface area (Å²) in [5.41, 5.74) is 1.40. The van der Waals surface area contributed by atoms with E-state index in [0.29, 0.717) is 5.78 Å². The summed E-state index contributed by atoms with van der Waals surface area (Å²) in [4.78, 5) is 11.3. The number of ketones is 1. The first-order chi connectivity index (χ1) is 7.83. The average Bonchev–Trinajstić information content (AvgIpc) is 2.30. The van der Waals surface area contributed by atoms with Crippen LogP contribution in [-0.2, 0) is 11.2 Å². The van der Waals surface area contributed by atoms with Gasteiger partial charge in [0.05, 0.1) is 0 Å². The summed E-state index contributed by atoms with van der Waals surface area (Å²) in [6.45, 7) is 2.06. The molecule has 0 aliphatic carbocycles. The van der Waals surface area contributed by atoms with Gasteiger partial charge in [-0.05, 0) is 31.2 Å². The van der Waals surface area contributed by atoms with Gasteiger partial charge in [-0.2, -0.15) is 0 Å². The summed E-state index contributed by atoms with van der Waals surface area (Å²) in [5.74, 6) is 0.433. The number of Topliss-reactive ketones (excluding diaryl/α,β-unsaturated/α-hetero) is 1. The molecule has 0 aliphatic heterocycles. The molecule has 0 aliphatic rings. The Hall–Kier alpha value is -1.11. The average molecular weight is 218 g/mol. The van der Waals surface area contributed by atoms with Crippen molar-refractivity contribution >= 4 is 5.78 Å². The predicted molar refractivity (Wildman–Crippen MR) is 68.5 cm³/mol. The van der Waals surface area contributed by atoms with Crippen molar-refractivity contribution in [2.24, 2.45) is 0 Å². The molecule has 0 saturated heterocycles. The van der Waals surface area contributed by atoms with Gasteiger partial charge in [-0.15, -0.1) is 0 Å². The molecule has 1 nitrogen and oxygen atoms in total. The lowest BCUT2D eigenvalue weighted by molar-refractivity contribution is -0.119. The summed E-state index contributed by atoms with van der Waals surface area (Å²) >= 11 is 0. The standard InChI is InChI=1S/C15H22O/c1-2-9-15(16)13-8-4-7-12-14-10-5-3-6-11-14/h3,5-6,10-11H,2,4,7-9,12-13H2,1H3. The van der Waals surface area contributed by atoms with Gasteiger partial charge < -0.3 is 0 Å². The van der Waals surface area contributed by atoms with Gasteiger partial charge >= 0.3 is 0 Å². The number of hydrogen-bond acceptors (Lipinski definition) is 1. The molecule has 0 N–H and O–H groups in total. The molecule has 16 heavy (non-hydrogen) atoms. The van der Waals surface area contributed by atoms with Crippen LogP contribution in [0.15, 0.2) is 30.3 Å². The third kappa shape index (κ3) is 5.69. The highest BCUT2D eigenvalue weighted by atomic mass is 16.1. The lowest BCUT2D eigenvalue weighted by Gasteiger charge is -2.01. The highest BCUT2D eigenvalue weighted by Crippen LogP contribution is 2.08. The highest BCUT2D eigenvalue weighted by Gasteiger charge is 1.99. The van der Waals surface area contributed by atoms with Gasteiger partial charge in [0.15, 0.2) is 0 Å². The largest absolute Gasteiger partial charge is 0.300 e. The van der Waals surface area contributed by atoms with E-state index in [9.17, 15) is 4.79 Å². The normalized spacial score (nSPS) is 10.3. The molecule has 0 saturated carbocycles. The van der Waals surface area contributed by atoms with E-state index < -0.39 is 0 Å². The molecule has 0 aromatic heterocycles. The van der Waals surface area contributed by atoms with Gasteiger partial charge in [-0.1, -0.05) is 43.7 Å². The van der Waals surface area contributed by atoms with Crippen molar-refractivity contribution in [3.63, 3.8) is 0 Å². The van der Waals surface area contributed by atoms with Crippen molar-refractivity contribution < 1.29 is 4.79 Å². The van der Waals surface area contributed by atoms with Crippen LogP contribution in [0.3, 0.4) is 0 Å². The maximum Gasteiger partial charge on any atom is 0.132 e. The first-order valence-electron chi connectivity index (χ1n) is 6.38. The fourth-order valence-corrected chi connectivity index (χ4v) is 1.88. The van der Waals surface area contributed by atoms with Gasteiger partial charge in [-0.25, -0.2) is 0 Å². The molecule has 88 valence electrons. The van der Waals surface area contributed by atoms with Gasteiger partial charge in [-0.3, -0.25) is 4.79 Å². The minimum Gasteiger partial charge on any atom is -0.300 e. The van der Waals surface area contributed by atoms with Crippen LogP contribution in [-0.4, -0.2) is 5.78 Å². The van der Waals surface area contributed by atoms with Crippen molar-refractivity contribution in [3.8, 4) is 0 Å². The molecule has 1 aromatic rings.